The van der Waals surface area contributed by atoms with Gasteiger partial charge in [-0.25, -0.2) is 9.97 Å². The Morgan fingerprint density at radius 2 is 1.91 bits per heavy atom. The van der Waals surface area contributed by atoms with Crippen LogP contribution in [0, 0.1) is 0 Å². The lowest BCUT2D eigenvalue weighted by atomic mass is 10.2. The lowest BCUT2D eigenvalue weighted by molar-refractivity contribution is -0.117. The second-order valence-corrected chi connectivity index (χ2v) is 4.94. The summed E-state index contributed by atoms with van der Waals surface area (Å²) in [6, 6.07) is 7.09. The van der Waals surface area contributed by atoms with Crippen LogP contribution in [0.3, 0.4) is 0 Å². The van der Waals surface area contributed by atoms with Gasteiger partial charge in [-0.05, 0) is 30.7 Å². The molecule has 2 amide bonds. The van der Waals surface area contributed by atoms with Gasteiger partial charge >= 0.3 is 0 Å². The van der Waals surface area contributed by atoms with Crippen LogP contribution in [0.5, 0.6) is 0 Å². The Bertz CT molecular complexity index is 714. The predicted molar refractivity (Wildman–Crippen MR) is 82.4 cm³/mol. The van der Waals surface area contributed by atoms with E-state index in [1.165, 1.54) is 12.4 Å². The molecule has 1 aromatic carbocycles. The summed E-state index contributed by atoms with van der Waals surface area (Å²) < 4.78 is 0. The largest absolute Gasteiger partial charge is 0.382 e. The van der Waals surface area contributed by atoms with E-state index in [-0.39, 0.29) is 17.4 Å². The topological polar surface area (TPSA) is 101 Å². The predicted octanol–water partition coefficient (Wildman–Crippen LogP) is 1.44. The third-order valence-electron chi connectivity index (χ3n) is 3.45. The molecule has 22 heavy (non-hydrogen) atoms. The van der Waals surface area contributed by atoms with E-state index >= 15 is 0 Å². The highest BCUT2D eigenvalue weighted by molar-refractivity contribution is 6.05. The average Bonchev–Trinajstić information content (AvgIpc) is 2.94. The van der Waals surface area contributed by atoms with Gasteiger partial charge in [-0.1, -0.05) is 0 Å². The van der Waals surface area contributed by atoms with E-state index in [2.05, 4.69) is 15.3 Å². The molecule has 7 heteroatoms. The van der Waals surface area contributed by atoms with Crippen molar-refractivity contribution in [2.24, 2.45) is 0 Å². The molecule has 112 valence electrons. The van der Waals surface area contributed by atoms with Gasteiger partial charge in [-0.2, -0.15) is 0 Å². The minimum atomic E-state index is -0.421. The van der Waals surface area contributed by atoms with Crippen LogP contribution >= 0.6 is 0 Å². The van der Waals surface area contributed by atoms with Crippen molar-refractivity contribution >= 4 is 29.0 Å². The molecule has 7 nitrogen and oxygen atoms in total. The number of carbonyl (C=O) groups excluding carboxylic acids is 2. The Morgan fingerprint density at radius 3 is 2.55 bits per heavy atom. The van der Waals surface area contributed by atoms with Crippen LogP contribution in [0.25, 0.3) is 0 Å². The summed E-state index contributed by atoms with van der Waals surface area (Å²) in [7, 11) is 0. The van der Waals surface area contributed by atoms with E-state index in [9.17, 15) is 9.59 Å². The molecule has 0 unspecified atom stereocenters. The summed E-state index contributed by atoms with van der Waals surface area (Å²) in [4.78, 5) is 33.2. The highest BCUT2D eigenvalue weighted by atomic mass is 16.2. The highest BCUT2D eigenvalue weighted by Crippen LogP contribution is 2.23. The van der Waals surface area contributed by atoms with Crippen molar-refractivity contribution in [2.75, 3.05) is 22.5 Å². The van der Waals surface area contributed by atoms with Gasteiger partial charge in [-0.15, -0.1) is 0 Å². The van der Waals surface area contributed by atoms with Gasteiger partial charge in [0.25, 0.3) is 5.91 Å². The number of aromatic nitrogens is 2. The number of carbonyl (C=O) groups is 2. The number of hydrogen-bond acceptors (Lipinski definition) is 5. The Kier molecular flexibility index (Phi) is 3.69. The van der Waals surface area contributed by atoms with E-state index in [1.807, 2.05) is 0 Å². The zero-order valence-electron chi connectivity index (χ0n) is 11.8. The SMILES string of the molecule is Nc1nccnc1C(=O)Nc1ccc(N2CCCC2=O)cc1. The van der Waals surface area contributed by atoms with Crippen molar-refractivity contribution in [3.8, 4) is 0 Å². The van der Waals surface area contributed by atoms with Crippen molar-refractivity contribution in [2.45, 2.75) is 12.8 Å². The van der Waals surface area contributed by atoms with Crippen LogP contribution in [-0.2, 0) is 4.79 Å². The number of hydrogen-bond donors (Lipinski definition) is 2. The lowest BCUT2D eigenvalue weighted by Gasteiger charge is -2.16. The summed E-state index contributed by atoms with van der Waals surface area (Å²) in [5, 5.41) is 2.70. The van der Waals surface area contributed by atoms with Gasteiger partial charge in [0.1, 0.15) is 0 Å². The van der Waals surface area contributed by atoms with Crippen molar-refractivity contribution in [3.05, 3.63) is 42.4 Å². The molecular weight excluding hydrogens is 282 g/mol. The van der Waals surface area contributed by atoms with Crippen LogP contribution < -0.4 is 16.0 Å². The maximum absolute atomic E-state index is 12.1. The average molecular weight is 297 g/mol. The summed E-state index contributed by atoms with van der Waals surface area (Å²) in [6.45, 7) is 0.737. The fraction of sp³-hybridized carbons (Fsp3) is 0.200. The van der Waals surface area contributed by atoms with Crippen molar-refractivity contribution < 1.29 is 9.59 Å². The molecule has 0 bridgehead atoms. The normalized spacial score (nSPS) is 14.2. The number of nitrogens with one attached hydrogen (secondary N) is 1. The molecule has 0 aliphatic carbocycles. The first-order valence-electron chi connectivity index (χ1n) is 6.93. The number of rotatable bonds is 3. The summed E-state index contributed by atoms with van der Waals surface area (Å²) in [6.07, 6.45) is 4.30. The second kappa shape index (κ2) is 5.80. The number of nitrogens with two attached hydrogens (primary N) is 1. The monoisotopic (exact) mass is 297 g/mol. The van der Waals surface area contributed by atoms with Crippen LogP contribution in [0.4, 0.5) is 17.2 Å². The Morgan fingerprint density at radius 1 is 1.18 bits per heavy atom. The summed E-state index contributed by atoms with van der Waals surface area (Å²) in [5.41, 5.74) is 7.14. The molecule has 0 radical (unpaired) electrons. The molecule has 0 spiro atoms. The molecule has 1 fully saturated rings. The minimum absolute atomic E-state index is 0.0827. The van der Waals surface area contributed by atoms with E-state index in [1.54, 1.807) is 29.2 Å². The van der Waals surface area contributed by atoms with Crippen molar-refractivity contribution in [3.63, 3.8) is 0 Å². The molecule has 1 aliphatic heterocycles. The van der Waals surface area contributed by atoms with Gasteiger partial charge < -0.3 is 16.0 Å². The van der Waals surface area contributed by atoms with E-state index in [0.29, 0.717) is 12.1 Å². The molecule has 0 saturated carbocycles. The number of benzene rings is 1. The molecule has 0 atom stereocenters. The standard InChI is InChI=1S/C15H15N5O2/c16-14-13(17-7-8-18-14)15(22)19-10-3-5-11(6-4-10)20-9-1-2-12(20)21/h3-8H,1-2,9H2,(H2,16,18)(H,19,22). The second-order valence-electron chi connectivity index (χ2n) is 4.94. The first-order chi connectivity index (χ1) is 10.6. The molecular formula is C15H15N5O2. The van der Waals surface area contributed by atoms with Crippen molar-refractivity contribution in [1.29, 1.82) is 0 Å². The third-order valence-corrected chi connectivity index (χ3v) is 3.45. The molecule has 2 aromatic rings. The number of nitrogens with zero attached hydrogens (tertiary/aromatic N) is 3. The first kappa shape index (κ1) is 14.0. The first-order valence-corrected chi connectivity index (χ1v) is 6.93. The quantitative estimate of drug-likeness (QED) is 0.892. The molecule has 1 saturated heterocycles. The maximum Gasteiger partial charge on any atom is 0.278 e. The fourth-order valence-corrected chi connectivity index (χ4v) is 2.36. The van der Waals surface area contributed by atoms with Crippen LogP contribution in [0.2, 0.25) is 0 Å². The van der Waals surface area contributed by atoms with Gasteiger partial charge in [0.15, 0.2) is 11.5 Å². The Balaban J connectivity index is 1.72. The van der Waals surface area contributed by atoms with Crippen molar-refractivity contribution in [1.82, 2.24) is 9.97 Å². The van der Waals surface area contributed by atoms with Crippen LogP contribution in [-0.4, -0.2) is 28.3 Å². The maximum atomic E-state index is 12.1. The van der Waals surface area contributed by atoms with E-state index in [0.717, 1.165) is 18.7 Å². The zero-order valence-corrected chi connectivity index (χ0v) is 11.8. The Hall–Kier alpha value is -2.96. The zero-order chi connectivity index (χ0) is 15.5. The number of nitrogen functional groups attached to an aromatic ring is 1. The molecule has 1 aliphatic rings. The molecule has 3 N–H and O–H groups in total. The van der Waals surface area contributed by atoms with Crippen LogP contribution in [0.1, 0.15) is 23.3 Å². The molecule has 3 rings (SSSR count). The smallest absolute Gasteiger partial charge is 0.278 e. The summed E-state index contributed by atoms with van der Waals surface area (Å²) in [5.74, 6) is -0.209. The van der Waals surface area contributed by atoms with Gasteiger partial charge in [-0.3, -0.25) is 9.59 Å². The van der Waals surface area contributed by atoms with E-state index < -0.39 is 5.91 Å². The molecule has 2 heterocycles. The lowest BCUT2D eigenvalue weighted by Crippen LogP contribution is -2.23. The van der Waals surface area contributed by atoms with Gasteiger partial charge in [0.05, 0.1) is 0 Å². The Labute approximate surface area is 127 Å². The van der Waals surface area contributed by atoms with Gasteiger partial charge in [0.2, 0.25) is 5.91 Å². The number of amides is 2. The highest BCUT2D eigenvalue weighted by Gasteiger charge is 2.21. The van der Waals surface area contributed by atoms with Crippen LogP contribution in [0.15, 0.2) is 36.7 Å². The van der Waals surface area contributed by atoms with Gasteiger partial charge in [0, 0.05) is 36.7 Å². The summed E-state index contributed by atoms with van der Waals surface area (Å²) >= 11 is 0. The minimum Gasteiger partial charge on any atom is -0.382 e. The number of anilines is 3. The van der Waals surface area contributed by atoms with E-state index in [4.69, 9.17) is 5.73 Å². The third kappa shape index (κ3) is 2.73. The fourth-order valence-electron chi connectivity index (χ4n) is 2.36. The molecule has 1 aromatic heterocycles.